The summed E-state index contributed by atoms with van der Waals surface area (Å²) in [4.78, 5) is 16.1. The van der Waals surface area contributed by atoms with E-state index in [4.69, 9.17) is 0 Å². The van der Waals surface area contributed by atoms with Crippen LogP contribution >= 0.6 is 0 Å². The number of hydrogen-bond acceptors (Lipinski definition) is 0. The Balaban J connectivity index is 1.60. The molecule has 0 amide bonds. The van der Waals surface area contributed by atoms with E-state index in [9.17, 15) is 0 Å². The minimum absolute atomic E-state index is 1.08. The van der Waals surface area contributed by atoms with Crippen molar-refractivity contribution in [2.24, 2.45) is 0 Å². The van der Waals surface area contributed by atoms with Crippen molar-refractivity contribution in [3.63, 3.8) is 0 Å². The van der Waals surface area contributed by atoms with Crippen molar-refractivity contribution in [3.8, 4) is 0 Å². The molecule has 1 aliphatic heterocycles. The second kappa shape index (κ2) is 25.1. The summed E-state index contributed by atoms with van der Waals surface area (Å²) in [6.07, 6.45) is 35.8. The molecule has 0 atom stereocenters. The summed E-state index contributed by atoms with van der Waals surface area (Å²) in [6.45, 7) is 9.24. The van der Waals surface area contributed by atoms with Crippen LogP contribution in [0.5, 0.6) is 0 Å². The van der Waals surface area contributed by atoms with E-state index in [0.717, 1.165) is 25.7 Å². The van der Waals surface area contributed by atoms with Crippen LogP contribution in [0, 0.1) is 0 Å². The number of aromatic nitrogens is 4. The fourth-order valence-corrected chi connectivity index (χ4v) is 8.97. The summed E-state index contributed by atoms with van der Waals surface area (Å²) >= 11 is 0. The normalized spacial score (nSPS) is 13.1. The Morgan fingerprint density at radius 3 is 0.696 bits per heavy atom. The summed E-state index contributed by atoms with van der Waals surface area (Å²) < 4.78 is 0. The SMILES string of the molecule is CCCCCCCCC1=c2ccc([nH]2)=C(CCCCCCCC)c2ccc([nH]2)C(CCCCCCCC)=c2ccc([nH]2)=C(CCCCCCCC)c2ccc1[nH]2. The monoisotopic (exact) mass is 761 g/mol. The predicted octanol–water partition coefficient (Wildman–Crippen LogP) is 13.1. The molecule has 0 aliphatic carbocycles. The van der Waals surface area contributed by atoms with Gasteiger partial charge in [0.2, 0.25) is 0 Å². The Morgan fingerprint density at radius 1 is 0.250 bits per heavy atom. The van der Waals surface area contributed by atoms with Crippen molar-refractivity contribution in [2.45, 2.75) is 207 Å². The predicted molar refractivity (Wildman–Crippen MR) is 244 cm³/mol. The van der Waals surface area contributed by atoms with Crippen LogP contribution in [0.15, 0.2) is 48.5 Å². The zero-order valence-electron chi connectivity index (χ0n) is 36.4. The third-order valence-electron chi connectivity index (χ3n) is 12.5. The van der Waals surface area contributed by atoms with Gasteiger partial charge in [0.25, 0.3) is 0 Å². The lowest BCUT2D eigenvalue weighted by atomic mass is 10.0. The number of rotatable bonds is 28. The first-order valence-corrected chi connectivity index (χ1v) is 23.9. The van der Waals surface area contributed by atoms with Gasteiger partial charge in [-0.25, -0.2) is 0 Å². The van der Waals surface area contributed by atoms with E-state index in [-0.39, 0.29) is 0 Å². The lowest BCUT2D eigenvalue weighted by molar-refractivity contribution is 0.612. The molecule has 5 rings (SSSR count). The first-order valence-electron chi connectivity index (χ1n) is 23.9. The number of H-pyrrole nitrogens is 4. The molecule has 0 saturated heterocycles. The summed E-state index contributed by atoms with van der Waals surface area (Å²) in [6, 6.07) is 19.0. The molecular formula is C52H80N4. The summed E-state index contributed by atoms with van der Waals surface area (Å²) in [5.74, 6) is 0. The van der Waals surface area contributed by atoms with E-state index >= 15 is 0 Å². The average molecular weight is 761 g/mol. The molecule has 4 aromatic heterocycles. The molecule has 0 fully saturated rings. The lowest BCUT2D eigenvalue weighted by Crippen LogP contribution is -2.18. The Morgan fingerprint density at radius 2 is 0.464 bits per heavy atom. The first-order chi connectivity index (χ1) is 27.7. The molecule has 0 aromatic carbocycles. The minimum Gasteiger partial charge on any atom is -0.355 e. The zero-order chi connectivity index (χ0) is 39.2. The molecule has 0 saturated carbocycles. The average Bonchev–Trinajstić information content (AvgIpc) is 4.06. The van der Waals surface area contributed by atoms with Gasteiger partial charge in [-0.05, 0) is 122 Å². The minimum atomic E-state index is 1.08. The highest BCUT2D eigenvalue weighted by Crippen LogP contribution is 2.26. The van der Waals surface area contributed by atoms with Gasteiger partial charge in [-0.1, -0.05) is 156 Å². The lowest BCUT2D eigenvalue weighted by Gasteiger charge is -2.09. The summed E-state index contributed by atoms with van der Waals surface area (Å²) in [7, 11) is 0. The van der Waals surface area contributed by atoms with Crippen molar-refractivity contribution >= 4 is 22.3 Å². The molecule has 1 aliphatic rings. The van der Waals surface area contributed by atoms with Crippen LogP contribution in [0.1, 0.15) is 230 Å². The quantitative estimate of drug-likeness (QED) is 0.0417. The van der Waals surface area contributed by atoms with Gasteiger partial charge < -0.3 is 19.9 Å². The second-order valence-corrected chi connectivity index (χ2v) is 17.1. The second-order valence-electron chi connectivity index (χ2n) is 17.1. The van der Waals surface area contributed by atoms with Gasteiger partial charge in [0.05, 0.1) is 0 Å². The zero-order valence-corrected chi connectivity index (χ0v) is 36.4. The van der Waals surface area contributed by atoms with Gasteiger partial charge in [-0.2, -0.15) is 0 Å². The highest BCUT2D eigenvalue weighted by molar-refractivity contribution is 5.71. The molecule has 0 radical (unpaired) electrons. The van der Waals surface area contributed by atoms with Crippen LogP contribution in [0.2, 0.25) is 0 Å². The Hall–Kier alpha value is -3.40. The topological polar surface area (TPSA) is 63.2 Å². The van der Waals surface area contributed by atoms with Gasteiger partial charge in [-0.15, -0.1) is 0 Å². The third-order valence-corrected chi connectivity index (χ3v) is 12.5. The van der Waals surface area contributed by atoms with E-state index in [1.807, 2.05) is 0 Å². The number of hydrogen-bond donors (Lipinski definition) is 4. The molecule has 0 spiro atoms. The maximum atomic E-state index is 4.02. The first kappa shape index (κ1) is 43.7. The summed E-state index contributed by atoms with van der Waals surface area (Å²) in [5.41, 5.74) is 10.8. The number of unbranched alkanes of at least 4 members (excludes halogenated alkanes) is 20. The molecule has 8 bridgehead atoms. The van der Waals surface area contributed by atoms with Crippen LogP contribution in [0.3, 0.4) is 0 Å². The molecule has 4 N–H and O–H groups in total. The van der Waals surface area contributed by atoms with Gasteiger partial charge in [0.1, 0.15) is 0 Å². The maximum absolute atomic E-state index is 4.02. The fourth-order valence-electron chi connectivity index (χ4n) is 8.97. The molecule has 4 aromatic rings. The van der Waals surface area contributed by atoms with Crippen LogP contribution < -0.4 is 21.4 Å². The highest BCUT2D eigenvalue weighted by atomic mass is 14.8. The van der Waals surface area contributed by atoms with Gasteiger partial charge in [-0.3, -0.25) is 0 Å². The Kier molecular flexibility index (Phi) is 19.6. The van der Waals surface area contributed by atoms with Gasteiger partial charge >= 0.3 is 0 Å². The summed E-state index contributed by atoms with van der Waals surface area (Å²) in [5, 5.41) is 5.10. The van der Waals surface area contributed by atoms with Crippen molar-refractivity contribution in [3.05, 3.63) is 92.7 Å². The van der Waals surface area contributed by atoms with E-state index in [0.29, 0.717) is 0 Å². The van der Waals surface area contributed by atoms with E-state index in [1.54, 1.807) is 0 Å². The third kappa shape index (κ3) is 13.3. The Bertz CT molecular complexity index is 1650. The number of fused-ring (bicyclic) bond motifs is 8. The number of nitrogens with one attached hydrogen (secondary N) is 4. The smallest absolute Gasteiger partial charge is 0.0438 e. The van der Waals surface area contributed by atoms with Crippen molar-refractivity contribution < 1.29 is 0 Å². The van der Waals surface area contributed by atoms with Crippen molar-refractivity contribution in [1.82, 2.24) is 19.9 Å². The van der Waals surface area contributed by atoms with E-state index < -0.39 is 0 Å². The van der Waals surface area contributed by atoms with Crippen LogP contribution in [0.25, 0.3) is 22.3 Å². The van der Waals surface area contributed by atoms with E-state index in [2.05, 4.69) is 96.2 Å². The van der Waals surface area contributed by atoms with Crippen molar-refractivity contribution in [2.75, 3.05) is 0 Å². The van der Waals surface area contributed by atoms with Crippen LogP contribution in [0.4, 0.5) is 0 Å². The van der Waals surface area contributed by atoms with Gasteiger partial charge in [0.15, 0.2) is 0 Å². The fraction of sp³-hybridized carbons (Fsp3) is 0.615. The molecular weight excluding hydrogens is 681 g/mol. The van der Waals surface area contributed by atoms with E-state index in [1.165, 1.54) is 221 Å². The van der Waals surface area contributed by atoms with Crippen molar-refractivity contribution in [1.29, 1.82) is 0 Å². The van der Waals surface area contributed by atoms with Crippen LogP contribution in [-0.2, 0) is 0 Å². The highest BCUT2D eigenvalue weighted by Gasteiger charge is 2.15. The molecule has 56 heavy (non-hydrogen) atoms. The standard InChI is InChI=1S/C52H80N4/c1-5-9-13-17-21-25-29-41-45-33-35-47(53-45)42(30-26-22-18-14-10-6-2)49-37-39-51(55-49)44(32-28-24-20-16-12-8-4)52-40-38-50(56-52)43(48-36-34-46(41)54-48)31-27-23-19-15-11-7-3/h33-40,53-56H,5-32H2,1-4H3. The molecule has 5 heterocycles. The van der Waals surface area contributed by atoms with Gasteiger partial charge in [0, 0.05) is 44.2 Å². The molecule has 4 nitrogen and oxygen atoms in total. The largest absolute Gasteiger partial charge is 0.355 e. The maximum Gasteiger partial charge on any atom is 0.0438 e. The Labute approximate surface area is 341 Å². The molecule has 308 valence electrons. The molecule has 4 heteroatoms. The number of aromatic amines is 4. The molecule has 0 unspecified atom stereocenters. The van der Waals surface area contributed by atoms with Crippen LogP contribution in [-0.4, -0.2) is 19.9 Å².